The summed E-state index contributed by atoms with van der Waals surface area (Å²) in [6, 6.07) is 13.9. The molecule has 0 aromatic heterocycles. The Bertz CT molecular complexity index is 1030. The maximum Gasteiger partial charge on any atom is 0.266 e. The number of aryl methyl sites for hydroxylation is 1. The summed E-state index contributed by atoms with van der Waals surface area (Å²) in [6.45, 7) is 2.18. The van der Waals surface area contributed by atoms with Gasteiger partial charge in [-0.1, -0.05) is 73.4 Å². The van der Waals surface area contributed by atoms with Gasteiger partial charge >= 0.3 is 0 Å². The molecule has 1 heterocycles. The Morgan fingerprint density at radius 1 is 1.17 bits per heavy atom. The standard InChI is InChI=1S/C22H20N2O4S2/c1-2-14-7-9-15(10-8-14)13-18-20(26)24(22(29)30-18)12-11-19(25)23-17-6-4-3-5-16(17)21(27)28/h3-10,13H,2,11-12H2,1H3,(H,23,25)(H,27,28)/p-1/b18-13+. The number of hydrogen-bond acceptors (Lipinski definition) is 6. The number of anilines is 1. The van der Waals surface area contributed by atoms with Crippen LogP contribution in [-0.2, 0) is 16.0 Å². The summed E-state index contributed by atoms with van der Waals surface area (Å²) in [5.74, 6) is -2.04. The van der Waals surface area contributed by atoms with Crippen molar-refractivity contribution >= 4 is 57.8 Å². The minimum atomic E-state index is -1.38. The molecule has 1 saturated heterocycles. The number of thiocarbonyl (C=S) groups is 1. The van der Waals surface area contributed by atoms with E-state index in [-0.39, 0.29) is 30.1 Å². The highest BCUT2D eigenvalue weighted by Gasteiger charge is 2.32. The van der Waals surface area contributed by atoms with Gasteiger partial charge in [-0.25, -0.2) is 0 Å². The average Bonchev–Trinajstić information content (AvgIpc) is 2.99. The van der Waals surface area contributed by atoms with Gasteiger partial charge in [0.25, 0.3) is 5.91 Å². The molecule has 0 bridgehead atoms. The summed E-state index contributed by atoms with van der Waals surface area (Å²) >= 11 is 6.50. The monoisotopic (exact) mass is 439 g/mol. The highest BCUT2D eigenvalue weighted by molar-refractivity contribution is 8.26. The van der Waals surface area contributed by atoms with Gasteiger partial charge in [0.05, 0.1) is 10.9 Å². The molecule has 8 heteroatoms. The van der Waals surface area contributed by atoms with E-state index in [1.807, 2.05) is 24.3 Å². The van der Waals surface area contributed by atoms with Crippen molar-refractivity contribution < 1.29 is 19.5 Å². The summed E-state index contributed by atoms with van der Waals surface area (Å²) in [4.78, 5) is 38.0. The van der Waals surface area contributed by atoms with E-state index in [1.165, 1.54) is 34.4 Å². The number of amides is 2. The minimum absolute atomic E-state index is 0.0215. The van der Waals surface area contributed by atoms with Crippen LogP contribution in [0, 0.1) is 0 Å². The number of para-hydroxylation sites is 1. The van der Waals surface area contributed by atoms with Gasteiger partial charge in [0, 0.05) is 24.2 Å². The second-order valence-electron chi connectivity index (χ2n) is 6.56. The largest absolute Gasteiger partial charge is 0.545 e. The summed E-state index contributed by atoms with van der Waals surface area (Å²) in [5.41, 5.74) is 2.17. The first-order chi connectivity index (χ1) is 14.4. The fourth-order valence-corrected chi connectivity index (χ4v) is 4.20. The number of thioether (sulfide) groups is 1. The molecule has 1 N–H and O–H groups in total. The number of hydrogen-bond donors (Lipinski definition) is 1. The molecule has 0 atom stereocenters. The topological polar surface area (TPSA) is 89.5 Å². The summed E-state index contributed by atoms with van der Waals surface area (Å²) < 4.78 is 0.388. The molecular weight excluding hydrogens is 420 g/mol. The van der Waals surface area contributed by atoms with Crippen LogP contribution in [0.4, 0.5) is 5.69 Å². The zero-order chi connectivity index (χ0) is 21.7. The number of aromatic carboxylic acids is 1. The normalized spacial score (nSPS) is 15.0. The number of carbonyl (C=O) groups is 3. The number of carbonyl (C=O) groups excluding carboxylic acids is 3. The lowest BCUT2D eigenvalue weighted by molar-refractivity contribution is -0.254. The van der Waals surface area contributed by atoms with Crippen molar-refractivity contribution in [2.75, 3.05) is 11.9 Å². The maximum atomic E-state index is 12.7. The van der Waals surface area contributed by atoms with Gasteiger partial charge in [-0.15, -0.1) is 0 Å². The van der Waals surface area contributed by atoms with Crippen LogP contribution in [0.3, 0.4) is 0 Å². The van der Waals surface area contributed by atoms with Crippen LogP contribution in [0.1, 0.15) is 34.8 Å². The first kappa shape index (κ1) is 21.7. The van der Waals surface area contributed by atoms with Gasteiger partial charge in [0.2, 0.25) is 5.91 Å². The molecule has 1 aliphatic heterocycles. The van der Waals surface area contributed by atoms with E-state index in [9.17, 15) is 19.5 Å². The van der Waals surface area contributed by atoms with E-state index in [4.69, 9.17) is 12.2 Å². The molecular formula is C22H19N2O4S2-. The predicted molar refractivity (Wildman–Crippen MR) is 120 cm³/mol. The number of nitrogens with zero attached hydrogens (tertiary/aromatic N) is 1. The first-order valence-electron chi connectivity index (χ1n) is 9.33. The molecule has 1 fully saturated rings. The van der Waals surface area contributed by atoms with Gasteiger partial charge in [0.15, 0.2) is 0 Å². The maximum absolute atomic E-state index is 12.7. The molecule has 2 aromatic rings. The molecule has 0 radical (unpaired) electrons. The fourth-order valence-electron chi connectivity index (χ4n) is 2.89. The van der Waals surface area contributed by atoms with E-state index in [0.29, 0.717) is 9.23 Å². The molecule has 30 heavy (non-hydrogen) atoms. The van der Waals surface area contributed by atoms with Crippen LogP contribution in [0.2, 0.25) is 0 Å². The first-order valence-corrected chi connectivity index (χ1v) is 10.6. The smallest absolute Gasteiger partial charge is 0.266 e. The van der Waals surface area contributed by atoms with E-state index in [2.05, 4.69) is 12.2 Å². The van der Waals surface area contributed by atoms with Gasteiger partial charge in [0.1, 0.15) is 4.32 Å². The van der Waals surface area contributed by atoms with Crippen molar-refractivity contribution in [1.29, 1.82) is 0 Å². The Balaban J connectivity index is 1.62. The van der Waals surface area contributed by atoms with Crippen molar-refractivity contribution in [3.8, 4) is 0 Å². The third kappa shape index (κ3) is 5.14. The SMILES string of the molecule is CCc1ccc(/C=C2/SC(=S)N(CCC(=O)Nc3ccccc3C(=O)[O-])C2=O)cc1. The highest BCUT2D eigenvalue weighted by atomic mass is 32.2. The molecule has 0 spiro atoms. The lowest BCUT2D eigenvalue weighted by atomic mass is 10.1. The number of nitrogens with one attached hydrogen (secondary N) is 1. The molecule has 6 nitrogen and oxygen atoms in total. The van der Waals surface area contributed by atoms with E-state index in [0.717, 1.165) is 12.0 Å². The highest BCUT2D eigenvalue weighted by Crippen LogP contribution is 2.32. The van der Waals surface area contributed by atoms with Crippen LogP contribution in [-0.4, -0.2) is 33.5 Å². The quantitative estimate of drug-likeness (QED) is 0.527. The second-order valence-corrected chi connectivity index (χ2v) is 8.24. The van der Waals surface area contributed by atoms with E-state index < -0.39 is 11.9 Å². The molecule has 0 unspecified atom stereocenters. The van der Waals surface area contributed by atoms with Gasteiger partial charge in [-0.3, -0.25) is 14.5 Å². The molecule has 0 aliphatic carbocycles. The Labute approximate surface area is 184 Å². The molecule has 2 amide bonds. The average molecular weight is 440 g/mol. The van der Waals surface area contributed by atoms with Gasteiger partial charge < -0.3 is 15.2 Å². The van der Waals surface area contributed by atoms with Crippen LogP contribution < -0.4 is 10.4 Å². The minimum Gasteiger partial charge on any atom is -0.545 e. The molecule has 3 rings (SSSR count). The molecule has 2 aromatic carbocycles. The van der Waals surface area contributed by atoms with Crippen LogP contribution in [0.15, 0.2) is 53.4 Å². The van der Waals surface area contributed by atoms with E-state index >= 15 is 0 Å². The van der Waals surface area contributed by atoms with Crippen molar-refractivity contribution in [3.63, 3.8) is 0 Å². The number of carboxylic acid groups (broad SMARTS) is 1. The van der Waals surface area contributed by atoms with Crippen molar-refractivity contribution in [3.05, 3.63) is 70.1 Å². The van der Waals surface area contributed by atoms with Crippen LogP contribution in [0.5, 0.6) is 0 Å². The Hall–Kier alpha value is -2.97. The van der Waals surface area contributed by atoms with Crippen molar-refractivity contribution in [2.24, 2.45) is 0 Å². The van der Waals surface area contributed by atoms with Gasteiger partial charge in [-0.05, 0) is 29.7 Å². The van der Waals surface area contributed by atoms with Crippen LogP contribution in [0.25, 0.3) is 6.08 Å². The van der Waals surface area contributed by atoms with Crippen molar-refractivity contribution in [1.82, 2.24) is 4.90 Å². The molecule has 0 saturated carbocycles. The summed E-state index contributed by atoms with van der Waals surface area (Å²) in [5, 5.41) is 13.7. The second kappa shape index (κ2) is 9.69. The lowest BCUT2D eigenvalue weighted by Gasteiger charge is -2.15. The third-order valence-corrected chi connectivity index (χ3v) is 5.92. The summed E-state index contributed by atoms with van der Waals surface area (Å²) in [7, 11) is 0. The molecule has 1 aliphatic rings. The fraction of sp³-hybridized carbons (Fsp3) is 0.182. The Morgan fingerprint density at radius 3 is 2.53 bits per heavy atom. The van der Waals surface area contributed by atoms with E-state index in [1.54, 1.807) is 18.2 Å². The number of carboxylic acids is 1. The van der Waals surface area contributed by atoms with Gasteiger partial charge in [-0.2, -0.15) is 0 Å². The zero-order valence-electron chi connectivity index (χ0n) is 16.2. The Kier molecular flexibility index (Phi) is 7.02. The third-order valence-electron chi connectivity index (χ3n) is 4.54. The summed E-state index contributed by atoms with van der Waals surface area (Å²) in [6.07, 6.45) is 2.71. The van der Waals surface area contributed by atoms with Crippen molar-refractivity contribution in [2.45, 2.75) is 19.8 Å². The predicted octanol–water partition coefficient (Wildman–Crippen LogP) is 2.84. The number of benzene rings is 2. The number of rotatable bonds is 7. The molecule has 154 valence electrons. The zero-order valence-corrected chi connectivity index (χ0v) is 17.8. The van der Waals surface area contributed by atoms with Crippen LogP contribution >= 0.6 is 24.0 Å². The Morgan fingerprint density at radius 2 is 1.87 bits per heavy atom. The lowest BCUT2D eigenvalue weighted by Crippen LogP contribution is -2.32.